The first-order valence-electron chi connectivity index (χ1n) is 8.80. The number of carbonyl (C=O) groups is 2. The van der Waals surface area contributed by atoms with Crippen LogP contribution in [0.5, 0.6) is 0 Å². The van der Waals surface area contributed by atoms with Crippen LogP contribution in [-0.4, -0.2) is 38.7 Å². The van der Waals surface area contributed by atoms with Crippen molar-refractivity contribution in [1.82, 2.24) is 14.1 Å². The molecule has 0 radical (unpaired) electrons. The van der Waals surface area contributed by atoms with E-state index in [0.29, 0.717) is 34.6 Å². The van der Waals surface area contributed by atoms with E-state index in [1.807, 2.05) is 0 Å². The average Bonchev–Trinajstić information content (AvgIpc) is 3.09. The molecule has 148 valence electrons. The van der Waals surface area contributed by atoms with Crippen LogP contribution in [0.1, 0.15) is 39.2 Å². The van der Waals surface area contributed by atoms with E-state index in [4.69, 9.17) is 9.47 Å². The van der Waals surface area contributed by atoms with Crippen molar-refractivity contribution in [3.05, 3.63) is 46.3 Å². The number of aliphatic carboxylic acids is 1. The van der Waals surface area contributed by atoms with Crippen molar-refractivity contribution >= 4 is 34.7 Å². The van der Waals surface area contributed by atoms with Gasteiger partial charge in [-0.15, -0.1) is 0 Å². The molecule has 2 unspecified atom stereocenters. The van der Waals surface area contributed by atoms with Gasteiger partial charge < -0.3 is 19.9 Å². The fourth-order valence-corrected chi connectivity index (χ4v) is 3.96. The third-order valence-corrected chi connectivity index (χ3v) is 5.06. The third kappa shape index (κ3) is 3.63. The lowest BCUT2D eigenvalue weighted by Gasteiger charge is -2.30. The summed E-state index contributed by atoms with van der Waals surface area (Å²) in [5.41, 5.74) is 3.10. The number of ether oxygens (including phenoxy) is 2. The molecule has 0 bridgehead atoms. The molecule has 0 spiro atoms. The maximum atomic E-state index is 13.0. The molecular weight excluding hydrogens is 382 g/mol. The number of esters is 1. The van der Waals surface area contributed by atoms with E-state index in [2.05, 4.69) is 14.1 Å². The molecule has 0 saturated heterocycles. The summed E-state index contributed by atoms with van der Waals surface area (Å²) in [6, 6.07) is 5.34. The number of hydrogen-bond donors (Lipinski definition) is 2. The first-order valence-corrected chi connectivity index (χ1v) is 9.53. The van der Waals surface area contributed by atoms with Crippen molar-refractivity contribution in [3.63, 3.8) is 0 Å². The number of nitrogens with zero attached hydrogens (tertiary/aromatic N) is 2. The Balaban J connectivity index is 2.16. The summed E-state index contributed by atoms with van der Waals surface area (Å²) in [5, 5.41) is 12.9. The maximum absolute atomic E-state index is 13.0. The van der Waals surface area contributed by atoms with Gasteiger partial charge in [-0.05, 0) is 39.3 Å². The van der Waals surface area contributed by atoms with E-state index in [-0.39, 0.29) is 11.1 Å². The molecular formula is C19H21N3O5S. The van der Waals surface area contributed by atoms with Crippen molar-refractivity contribution in [2.45, 2.75) is 39.9 Å². The Hall–Kier alpha value is -2.78. The zero-order chi connectivity index (χ0) is 20.4. The van der Waals surface area contributed by atoms with Gasteiger partial charge in [-0.3, -0.25) is 0 Å². The van der Waals surface area contributed by atoms with Crippen LogP contribution < -0.4 is 5.32 Å². The second kappa shape index (κ2) is 8.07. The molecule has 9 heteroatoms. The number of rotatable bonds is 6. The number of carboxylic acids is 1. The molecule has 2 aromatic rings. The normalized spacial score (nSPS) is 18.2. The topological polar surface area (TPSA) is 111 Å². The molecule has 1 aromatic heterocycles. The minimum atomic E-state index is -1.12. The number of carboxylic acid groups (broad SMARTS) is 1. The van der Waals surface area contributed by atoms with E-state index in [0.717, 1.165) is 11.7 Å². The standard InChI is InChI=1S/C19H21N3O5S/c1-5-26-11(4)27-19(25)15-10(3)20-9(2)14(18(23)24)16(15)12-7-6-8-13-17(12)22-28-21-13/h6-8,11,16,20H,5H2,1-4H3,(H,23,24). The Morgan fingerprint density at radius 1 is 1.25 bits per heavy atom. The summed E-state index contributed by atoms with van der Waals surface area (Å²) in [4.78, 5) is 25.1. The van der Waals surface area contributed by atoms with Crippen molar-refractivity contribution in [1.29, 1.82) is 0 Å². The number of dihydropyridines is 1. The van der Waals surface area contributed by atoms with Gasteiger partial charge in [0.05, 0.1) is 28.8 Å². The molecule has 0 fully saturated rings. The summed E-state index contributed by atoms with van der Waals surface area (Å²) < 4.78 is 19.2. The van der Waals surface area contributed by atoms with E-state index in [1.54, 1.807) is 45.9 Å². The Morgan fingerprint density at radius 2 is 1.96 bits per heavy atom. The quantitative estimate of drug-likeness (QED) is 0.559. The van der Waals surface area contributed by atoms with Gasteiger partial charge in [0.1, 0.15) is 11.0 Å². The fraction of sp³-hybridized carbons (Fsp3) is 0.368. The number of aromatic nitrogens is 2. The molecule has 3 rings (SSSR count). The number of fused-ring (bicyclic) bond motifs is 1. The SMILES string of the molecule is CCOC(C)OC(=O)C1=C(C)NC(C)=C(C(=O)O)C1c1cccc2nsnc12. The van der Waals surface area contributed by atoms with E-state index < -0.39 is 24.1 Å². The molecule has 1 aliphatic rings. The molecule has 0 aliphatic carbocycles. The highest BCUT2D eigenvalue weighted by Gasteiger charge is 2.39. The fourth-order valence-electron chi connectivity index (χ4n) is 3.40. The number of benzene rings is 1. The molecule has 28 heavy (non-hydrogen) atoms. The van der Waals surface area contributed by atoms with Crippen molar-refractivity contribution in [2.24, 2.45) is 0 Å². The van der Waals surface area contributed by atoms with Gasteiger partial charge in [-0.2, -0.15) is 8.75 Å². The Bertz CT molecular complexity index is 994. The van der Waals surface area contributed by atoms with Crippen LogP contribution in [0, 0.1) is 0 Å². The number of carbonyl (C=O) groups excluding carboxylic acids is 1. The first kappa shape index (κ1) is 20.0. The van der Waals surface area contributed by atoms with Gasteiger partial charge in [-0.25, -0.2) is 9.59 Å². The maximum Gasteiger partial charge on any atom is 0.339 e. The summed E-state index contributed by atoms with van der Waals surface area (Å²) >= 11 is 1.04. The molecule has 0 saturated carbocycles. The highest BCUT2D eigenvalue weighted by Crippen LogP contribution is 2.41. The lowest BCUT2D eigenvalue weighted by atomic mass is 9.80. The predicted octanol–water partition coefficient (Wildman–Crippen LogP) is 2.94. The van der Waals surface area contributed by atoms with Gasteiger partial charge >= 0.3 is 11.9 Å². The first-order chi connectivity index (χ1) is 13.3. The molecule has 8 nitrogen and oxygen atoms in total. The van der Waals surface area contributed by atoms with Crippen molar-refractivity contribution in [2.75, 3.05) is 6.61 Å². The lowest BCUT2D eigenvalue weighted by Crippen LogP contribution is -2.33. The van der Waals surface area contributed by atoms with Crippen LogP contribution in [0.2, 0.25) is 0 Å². The van der Waals surface area contributed by atoms with E-state index in [9.17, 15) is 14.7 Å². The van der Waals surface area contributed by atoms with Crippen LogP contribution in [0.15, 0.2) is 40.7 Å². The second-order valence-corrected chi connectivity index (χ2v) is 6.88. The summed E-state index contributed by atoms with van der Waals surface area (Å²) in [6.07, 6.45) is -0.754. The van der Waals surface area contributed by atoms with Crippen LogP contribution in [0.3, 0.4) is 0 Å². The highest BCUT2D eigenvalue weighted by atomic mass is 32.1. The Labute approximate surface area is 166 Å². The largest absolute Gasteiger partial charge is 0.478 e. The third-order valence-electron chi connectivity index (χ3n) is 4.51. The molecule has 2 heterocycles. The number of allylic oxidation sites excluding steroid dienone is 2. The smallest absolute Gasteiger partial charge is 0.339 e. The van der Waals surface area contributed by atoms with E-state index in [1.165, 1.54) is 0 Å². The van der Waals surface area contributed by atoms with Gasteiger partial charge in [0.2, 0.25) is 0 Å². The molecule has 0 amide bonds. The zero-order valence-corrected chi connectivity index (χ0v) is 16.8. The molecule has 2 atom stereocenters. The Morgan fingerprint density at radius 3 is 2.64 bits per heavy atom. The van der Waals surface area contributed by atoms with Gasteiger partial charge in [-0.1, -0.05) is 12.1 Å². The van der Waals surface area contributed by atoms with Crippen LogP contribution in [0.4, 0.5) is 0 Å². The van der Waals surface area contributed by atoms with Gasteiger partial charge in [0.15, 0.2) is 6.29 Å². The van der Waals surface area contributed by atoms with Gasteiger partial charge in [0, 0.05) is 18.0 Å². The Kier molecular flexibility index (Phi) is 5.76. The lowest BCUT2D eigenvalue weighted by molar-refractivity contribution is -0.169. The zero-order valence-electron chi connectivity index (χ0n) is 16.0. The number of hydrogen-bond acceptors (Lipinski definition) is 8. The minimum absolute atomic E-state index is 0.0714. The summed E-state index contributed by atoms with van der Waals surface area (Å²) in [5.74, 6) is -2.60. The van der Waals surface area contributed by atoms with Crippen molar-refractivity contribution in [3.8, 4) is 0 Å². The van der Waals surface area contributed by atoms with Crippen LogP contribution in [0.25, 0.3) is 11.0 Å². The van der Waals surface area contributed by atoms with E-state index >= 15 is 0 Å². The monoisotopic (exact) mass is 403 g/mol. The van der Waals surface area contributed by atoms with Crippen molar-refractivity contribution < 1.29 is 24.2 Å². The molecule has 2 N–H and O–H groups in total. The summed E-state index contributed by atoms with van der Waals surface area (Å²) in [6.45, 7) is 7.19. The minimum Gasteiger partial charge on any atom is -0.478 e. The molecule has 1 aromatic carbocycles. The predicted molar refractivity (Wildman–Crippen MR) is 104 cm³/mol. The highest BCUT2D eigenvalue weighted by molar-refractivity contribution is 7.00. The average molecular weight is 403 g/mol. The number of nitrogens with one attached hydrogen (secondary N) is 1. The van der Waals surface area contributed by atoms with Crippen LogP contribution >= 0.6 is 11.7 Å². The van der Waals surface area contributed by atoms with Gasteiger partial charge in [0.25, 0.3) is 0 Å². The summed E-state index contributed by atoms with van der Waals surface area (Å²) in [7, 11) is 0. The molecule has 1 aliphatic heterocycles. The second-order valence-electron chi connectivity index (χ2n) is 6.35. The van der Waals surface area contributed by atoms with Crippen LogP contribution in [-0.2, 0) is 19.1 Å².